The summed E-state index contributed by atoms with van der Waals surface area (Å²) >= 11 is 1.58. The van der Waals surface area contributed by atoms with Gasteiger partial charge in [-0.3, -0.25) is 10.1 Å². The molecule has 1 heterocycles. The van der Waals surface area contributed by atoms with Gasteiger partial charge >= 0.3 is 0 Å². The summed E-state index contributed by atoms with van der Waals surface area (Å²) in [5, 5.41) is 24.3. The molecule has 0 spiro atoms. The number of hydrogen-bond donors (Lipinski definition) is 2. The third-order valence-electron chi connectivity index (χ3n) is 3.29. The first-order valence-electron chi connectivity index (χ1n) is 7.17. The molecule has 1 atom stereocenters. The second-order valence-corrected chi connectivity index (χ2v) is 6.44. The summed E-state index contributed by atoms with van der Waals surface area (Å²) in [5.41, 5.74) is -0.310. The average Bonchev–Trinajstić information content (AvgIpc) is 2.95. The maximum Gasteiger partial charge on any atom is 0.280 e. The molecule has 6 nitrogen and oxygen atoms in total. The number of nitro benzene ring substituents is 1. The van der Waals surface area contributed by atoms with Crippen molar-refractivity contribution in [3.05, 3.63) is 52.3 Å². The van der Waals surface area contributed by atoms with Gasteiger partial charge in [-0.25, -0.2) is 0 Å². The van der Waals surface area contributed by atoms with E-state index in [9.17, 15) is 15.2 Å². The van der Waals surface area contributed by atoms with Crippen LogP contribution in [-0.4, -0.2) is 34.2 Å². The Balaban J connectivity index is 2.03. The number of nitrogens with one attached hydrogen (secondary N) is 1. The first-order chi connectivity index (χ1) is 10.9. The number of nitrogens with zero attached hydrogens (tertiary/aromatic N) is 1. The van der Waals surface area contributed by atoms with Crippen LogP contribution in [0.3, 0.4) is 0 Å². The van der Waals surface area contributed by atoms with Crippen molar-refractivity contribution < 1.29 is 14.4 Å². The van der Waals surface area contributed by atoms with Crippen LogP contribution < -0.4 is 5.32 Å². The van der Waals surface area contributed by atoms with E-state index in [1.807, 2.05) is 6.26 Å². The standard InChI is InChI=1S/C16H20N2O4S/c1-16(19,11-23-2)10-17-9-12-7-8-15(22-12)13-5-3-4-6-14(13)18(20)21/h3-8,17,19H,9-11H2,1-2H3. The number of para-hydroxylation sites is 1. The average molecular weight is 336 g/mol. The van der Waals surface area contributed by atoms with Gasteiger partial charge in [0.2, 0.25) is 0 Å². The molecule has 0 amide bonds. The number of benzene rings is 1. The van der Waals surface area contributed by atoms with E-state index in [1.54, 1.807) is 49.0 Å². The normalized spacial score (nSPS) is 13.7. The van der Waals surface area contributed by atoms with Gasteiger partial charge < -0.3 is 14.8 Å². The van der Waals surface area contributed by atoms with Crippen molar-refractivity contribution in [2.75, 3.05) is 18.6 Å². The SMILES string of the molecule is CSCC(C)(O)CNCc1ccc(-c2ccccc2[N+](=O)[O-])o1. The lowest BCUT2D eigenvalue weighted by Crippen LogP contribution is -2.39. The maximum absolute atomic E-state index is 11.1. The summed E-state index contributed by atoms with van der Waals surface area (Å²) in [6, 6.07) is 9.98. The zero-order valence-electron chi connectivity index (χ0n) is 13.1. The largest absolute Gasteiger partial charge is 0.459 e. The Morgan fingerprint density at radius 1 is 1.35 bits per heavy atom. The molecule has 0 aliphatic carbocycles. The van der Waals surface area contributed by atoms with Crippen LogP contribution in [0.2, 0.25) is 0 Å². The highest BCUT2D eigenvalue weighted by Crippen LogP contribution is 2.30. The van der Waals surface area contributed by atoms with E-state index in [-0.39, 0.29) is 5.69 Å². The Bertz CT molecular complexity index is 670. The van der Waals surface area contributed by atoms with E-state index in [0.29, 0.717) is 35.9 Å². The number of aliphatic hydroxyl groups is 1. The third kappa shape index (κ3) is 4.82. The van der Waals surface area contributed by atoms with Gasteiger partial charge in [0, 0.05) is 18.4 Å². The van der Waals surface area contributed by atoms with E-state index >= 15 is 0 Å². The van der Waals surface area contributed by atoms with Crippen LogP contribution in [-0.2, 0) is 6.54 Å². The predicted molar refractivity (Wildman–Crippen MR) is 91.5 cm³/mol. The van der Waals surface area contributed by atoms with Crippen LogP contribution in [0.4, 0.5) is 5.69 Å². The smallest absolute Gasteiger partial charge is 0.280 e. The van der Waals surface area contributed by atoms with Crippen molar-refractivity contribution in [1.29, 1.82) is 0 Å². The van der Waals surface area contributed by atoms with Crippen molar-refractivity contribution in [3.63, 3.8) is 0 Å². The van der Waals surface area contributed by atoms with Crippen molar-refractivity contribution in [2.45, 2.75) is 19.1 Å². The summed E-state index contributed by atoms with van der Waals surface area (Å²) in [4.78, 5) is 10.6. The summed E-state index contributed by atoms with van der Waals surface area (Å²) in [6.45, 7) is 2.66. The molecule has 2 rings (SSSR count). The highest BCUT2D eigenvalue weighted by molar-refractivity contribution is 7.98. The van der Waals surface area contributed by atoms with Crippen molar-refractivity contribution in [3.8, 4) is 11.3 Å². The Morgan fingerprint density at radius 2 is 2.09 bits per heavy atom. The molecule has 1 unspecified atom stereocenters. The second kappa shape index (κ2) is 7.63. The topological polar surface area (TPSA) is 88.5 Å². The molecule has 0 saturated carbocycles. The molecule has 2 N–H and O–H groups in total. The van der Waals surface area contributed by atoms with Crippen LogP contribution in [0.15, 0.2) is 40.8 Å². The summed E-state index contributed by atoms with van der Waals surface area (Å²) in [7, 11) is 0. The van der Waals surface area contributed by atoms with Gasteiger partial charge in [0.1, 0.15) is 11.5 Å². The number of nitro groups is 1. The molecule has 0 bridgehead atoms. The lowest BCUT2D eigenvalue weighted by molar-refractivity contribution is -0.384. The zero-order valence-corrected chi connectivity index (χ0v) is 13.9. The van der Waals surface area contributed by atoms with E-state index in [2.05, 4.69) is 5.32 Å². The minimum Gasteiger partial charge on any atom is -0.459 e. The Labute approximate surface area is 139 Å². The van der Waals surface area contributed by atoms with Crippen molar-refractivity contribution in [1.82, 2.24) is 5.32 Å². The molecule has 124 valence electrons. The maximum atomic E-state index is 11.1. The lowest BCUT2D eigenvalue weighted by atomic mass is 10.1. The molecule has 7 heteroatoms. The van der Waals surface area contributed by atoms with E-state index in [1.165, 1.54) is 6.07 Å². The molecule has 23 heavy (non-hydrogen) atoms. The fraction of sp³-hybridized carbons (Fsp3) is 0.375. The Hall–Kier alpha value is -1.83. The first-order valence-corrected chi connectivity index (χ1v) is 8.57. The van der Waals surface area contributed by atoms with Crippen LogP contribution >= 0.6 is 11.8 Å². The Morgan fingerprint density at radius 3 is 2.78 bits per heavy atom. The Kier molecular flexibility index (Phi) is 5.81. The molecule has 2 aromatic rings. The minimum atomic E-state index is -0.785. The quantitative estimate of drug-likeness (QED) is 0.569. The second-order valence-electron chi connectivity index (χ2n) is 5.57. The predicted octanol–water partition coefficient (Wildman–Crippen LogP) is 3.06. The monoisotopic (exact) mass is 336 g/mol. The van der Waals surface area contributed by atoms with Gasteiger partial charge in [-0.2, -0.15) is 11.8 Å². The zero-order chi connectivity index (χ0) is 16.9. The molecule has 0 aliphatic rings. The molecule has 1 aromatic carbocycles. The van der Waals surface area contributed by atoms with Crippen LogP contribution in [0.25, 0.3) is 11.3 Å². The highest BCUT2D eigenvalue weighted by atomic mass is 32.2. The number of furan rings is 1. The molecule has 1 aromatic heterocycles. The molecule has 0 saturated heterocycles. The van der Waals surface area contributed by atoms with E-state index < -0.39 is 10.5 Å². The number of hydrogen-bond acceptors (Lipinski definition) is 6. The fourth-order valence-electron chi connectivity index (χ4n) is 2.28. The molecular weight excluding hydrogens is 316 g/mol. The van der Waals surface area contributed by atoms with Gasteiger partial charge in [-0.05, 0) is 31.4 Å². The van der Waals surface area contributed by atoms with E-state index in [4.69, 9.17) is 4.42 Å². The van der Waals surface area contributed by atoms with Gasteiger partial charge in [-0.15, -0.1) is 0 Å². The van der Waals surface area contributed by atoms with E-state index in [0.717, 1.165) is 0 Å². The molecule has 0 radical (unpaired) electrons. The summed E-state index contributed by atoms with van der Waals surface area (Å²) < 4.78 is 5.68. The molecule has 0 aliphatic heterocycles. The van der Waals surface area contributed by atoms with Crippen LogP contribution in [0.1, 0.15) is 12.7 Å². The van der Waals surface area contributed by atoms with Crippen LogP contribution in [0, 0.1) is 10.1 Å². The van der Waals surface area contributed by atoms with Gasteiger partial charge in [-0.1, -0.05) is 12.1 Å². The van der Waals surface area contributed by atoms with Crippen molar-refractivity contribution in [2.24, 2.45) is 0 Å². The number of thioether (sulfide) groups is 1. The molecule has 0 fully saturated rings. The molecular formula is C16H20N2O4S. The van der Waals surface area contributed by atoms with Gasteiger partial charge in [0.15, 0.2) is 0 Å². The lowest BCUT2D eigenvalue weighted by Gasteiger charge is -2.22. The van der Waals surface area contributed by atoms with Gasteiger partial charge in [0.25, 0.3) is 5.69 Å². The van der Waals surface area contributed by atoms with Gasteiger partial charge in [0.05, 0.1) is 22.6 Å². The number of rotatable bonds is 8. The highest BCUT2D eigenvalue weighted by Gasteiger charge is 2.20. The third-order valence-corrected chi connectivity index (χ3v) is 4.20. The van der Waals surface area contributed by atoms with Crippen molar-refractivity contribution >= 4 is 17.4 Å². The fourth-order valence-corrected chi connectivity index (χ4v) is 3.00. The first kappa shape index (κ1) is 17.5. The summed E-state index contributed by atoms with van der Waals surface area (Å²) in [5.74, 6) is 1.77. The summed E-state index contributed by atoms with van der Waals surface area (Å²) in [6.07, 6.45) is 1.94. The minimum absolute atomic E-state index is 0.0178. The van der Waals surface area contributed by atoms with Crippen LogP contribution in [0.5, 0.6) is 0 Å².